The lowest BCUT2D eigenvalue weighted by Gasteiger charge is -2.15. The van der Waals surface area contributed by atoms with Gasteiger partial charge in [-0.15, -0.1) is 0 Å². The quantitative estimate of drug-likeness (QED) is 0.460. The molecule has 0 atom stereocenters. The third-order valence-corrected chi connectivity index (χ3v) is 5.30. The summed E-state index contributed by atoms with van der Waals surface area (Å²) in [5.41, 5.74) is 4.83. The summed E-state index contributed by atoms with van der Waals surface area (Å²) < 4.78 is 1.72. The molecule has 154 valence electrons. The largest absolute Gasteiger partial charge is 0.368 e. The summed E-state index contributed by atoms with van der Waals surface area (Å²) in [6, 6.07) is 13.7. The van der Waals surface area contributed by atoms with Gasteiger partial charge in [-0.3, -0.25) is 9.36 Å². The van der Waals surface area contributed by atoms with Crippen molar-refractivity contribution >= 4 is 27.9 Å². The molecule has 3 aromatic heterocycles. The van der Waals surface area contributed by atoms with E-state index in [1.165, 1.54) is 6.33 Å². The van der Waals surface area contributed by atoms with Crippen molar-refractivity contribution in [2.24, 2.45) is 0 Å². The van der Waals surface area contributed by atoms with E-state index < -0.39 is 0 Å². The van der Waals surface area contributed by atoms with Gasteiger partial charge in [-0.2, -0.15) is 0 Å². The molecule has 8 heteroatoms. The maximum Gasteiger partial charge on any atom is 0.266 e. The van der Waals surface area contributed by atoms with Crippen molar-refractivity contribution < 1.29 is 0 Å². The first-order valence-electron chi connectivity index (χ1n) is 10.1. The van der Waals surface area contributed by atoms with Crippen LogP contribution in [0.5, 0.6) is 0 Å². The molecule has 31 heavy (non-hydrogen) atoms. The summed E-state index contributed by atoms with van der Waals surface area (Å²) in [6.07, 6.45) is 3.60. The smallest absolute Gasteiger partial charge is 0.266 e. The summed E-state index contributed by atoms with van der Waals surface area (Å²) in [5, 5.41) is 3.96. The number of hydrogen-bond acceptors (Lipinski definition) is 6. The number of nitrogens with zero attached hydrogens (tertiary/aromatic N) is 5. The van der Waals surface area contributed by atoms with Crippen molar-refractivity contribution in [3.63, 3.8) is 0 Å². The Morgan fingerprint density at radius 2 is 1.94 bits per heavy atom. The molecule has 5 aromatic rings. The Balaban J connectivity index is 1.56. The predicted molar refractivity (Wildman–Crippen MR) is 121 cm³/mol. The molecule has 2 aromatic carbocycles. The van der Waals surface area contributed by atoms with Gasteiger partial charge in [0, 0.05) is 13.0 Å². The molecular weight excluding hydrogens is 390 g/mol. The molecule has 0 spiro atoms. The first kappa shape index (κ1) is 18.9. The van der Waals surface area contributed by atoms with Crippen LogP contribution in [0.4, 0.5) is 5.82 Å². The lowest BCUT2D eigenvalue weighted by Crippen LogP contribution is -2.26. The Labute approximate surface area is 178 Å². The number of rotatable bonds is 5. The van der Waals surface area contributed by atoms with E-state index >= 15 is 0 Å². The number of benzene rings is 2. The molecule has 0 unspecified atom stereocenters. The number of anilines is 1. The average molecular weight is 411 g/mol. The van der Waals surface area contributed by atoms with Crippen molar-refractivity contribution in [2.75, 3.05) is 11.9 Å². The van der Waals surface area contributed by atoms with Gasteiger partial charge in [0.15, 0.2) is 11.5 Å². The van der Waals surface area contributed by atoms with Crippen LogP contribution in [0.15, 0.2) is 59.9 Å². The minimum Gasteiger partial charge on any atom is -0.368 e. The van der Waals surface area contributed by atoms with Gasteiger partial charge < -0.3 is 10.3 Å². The van der Waals surface area contributed by atoms with Crippen LogP contribution in [-0.2, 0) is 6.42 Å². The minimum absolute atomic E-state index is 0.0540. The van der Waals surface area contributed by atoms with E-state index in [1.807, 2.05) is 56.3 Å². The molecule has 0 radical (unpaired) electrons. The van der Waals surface area contributed by atoms with Crippen LogP contribution in [-0.4, -0.2) is 36.0 Å². The second-order valence-corrected chi connectivity index (χ2v) is 7.48. The second kappa shape index (κ2) is 7.64. The third kappa shape index (κ3) is 3.42. The Bertz CT molecular complexity index is 1470. The summed E-state index contributed by atoms with van der Waals surface area (Å²) in [4.78, 5) is 34.0. The van der Waals surface area contributed by atoms with Crippen molar-refractivity contribution in [2.45, 2.75) is 20.3 Å². The van der Waals surface area contributed by atoms with Crippen LogP contribution < -0.4 is 10.9 Å². The van der Waals surface area contributed by atoms with E-state index in [2.05, 4.69) is 25.3 Å². The fourth-order valence-corrected chi connectivity index (χ4v) is 3.83. The maximum atomic E-state index is 13.5. The molecule has 8 nitrogen and oxygen atoms in total. The zero-order valence-electron chi connectivity index (χ0n) is 17.3. The molecule has 0 amide bonds. The summed E-state index contributed by atoms with van der Waals surface area (Å²) in [5.74, 6) is 1.36. The van der Waals surface area contributed by atoms with Gasteiger partial charge in [-0.1, -0.05) is 24.3 Å². The summed E-state index contributed by atoms with van der Waals surface area (Å²) in [7, 11) is 0. The minimum atomic E-state index is -0.0540. The van der Waals surface area contributed by atoms with Crippen molar-refractivity contribution in [3.8, 4) is 5.69 Å². The Kier molecular flexibility index (Phi) is 4.66. The van der Waals surface area contributed by atoms with Gasteiger partial charge in [0.1, 0.15) is 17.7 Å². The fraction of sp³-hybridized carbons (Fsp3) is 0.174. The number of aromatic amines is 1. The Morgan fingerprint density at radius 3 is 2.81 bits per heavy atom. The highest BCUT2D eigenvalue weighted by atomic mass is 16.1. The first-order chi connectivity index (χ1) is 15.1. The molecule has 0 saturated carbocycles. The standard InChI is InChI=1S/C23H21N7O/c1-14-5-3-7-16(11-14)30-18(29-17-8-4-6-15(2)19(17)23(30)31)9-10-24-21-20-22(26-12-25-20)28-13-27-21/h3-8,11-13H,9-10H2,1-2H3,(H2,24,25,26,27,28). The zero-order chi connectivity index (χ0) is 21.4. The molecule has 0 fully saturated rings. The average Bonchev–Trinajstić information content (AvgIpc) is 3.23. The van der Waals surface area contributed by atoms with E-state index in [-0.39, 0.29) is 5.56 Å². The zero-order valence-corrected chi connectivity index (χ0v) is 17.3. The highest BCUT2D eigenvalue weighted by molar-refractivity contribution is 5.82. The highest BCUT2D eigenvalue weighted by Gasteiger charge is 2.15. The lowest BCUT2D eigenvalue weighted by atomic mass is 10.1. The van der Waals surface area contributed by atoms with Crippen LogP contribution in [0, 0.1) is 13.8 Å². The van der Waals surface area contributed by atoms with Crippen LogP contribution in [0.1, 0.15) is 17.0 Å². The van der Waals surface area contributed by atoms with Crippen LogP contribution >= 0.6 is 0 Å². The number of H-pyrrole nitrogens is 1. The molecule has 2 N–H and O–H groups in total. The molecule has 0 aliphatic rings. The van der Waals surface area contributed by atoms with E-state index in [0.29, 0.717) is 41.2 Å². The molecule has 0 aliphatic heterocycles. The second-order valence-electron chi connectivity index (χ2n) is 7.48. The van der Waals surface area contributed by atoms with E-state index in [4.69, 9.17) is 4.98 Å². The molecule has 0 saturated heterocycles. The molecule has 0 bridgehead atoms. The van der Waals surface area contributed by atoms with Gasteiger partial charge >= 0.3 is 0 Å². The van der Waals surface area contributed by atoms with E-state index in [0.717, 1.165) is 22.3 Å². The number of nitrogens with one attached hydrogen (secondary N) is 2. The van der Waals surface area contributed by atoms with Crippen molar-refractivity contribution in [1.29, 1.82) is 0 Å². The fourth-order valence-electron chi connectivity index (χ4n) is 3.83. The van der Waals surface area contributed by atoms with Crippen LogP contribution in [0.25, 0.3) is 27.8 Å². The van der Waals surface area contributed by atoms with Gasteiger partial charge in [-0.05, 0) is 43.2 Å². The highest BCUT2D eigenvalue weighted by Crippen LogP contribution is 2.18. The molecule has 3 heterocycles. The van der Waals surface area contributed by atoms with Gasteiger partial charge in [0.05, 0.1) is 22.9 Å². The van der Waals surface area contributed by atoms with Gasteiger partial charge in [0.25, 0.3) is 5.56 Å². The Morgan fingerprint density at radius 1 is 1.06 bits per heavy atom. The molecule has 5 rings (SSSR count). The lowest BCUT2D eigenvalue weighted by molar-refractivity contribution is 0.808. The maximum absolute atomic E-state index is 13.5. The van der Waals surface area contributed by atoms with Crippen LogP contribution in [0.2, 0.25) is 0 Å². The number of aryl methyl sites for hydroxylation is 2. The SMILES string of the molecule is Cc1cccc(-n2c(CCNc3ncnc4nc[nH]c34)nc3cccc(C)c3c2=O)c1. The predicted octanol–water partition coefficient (Wildman–Crippen LogP) is 3.32. The number of imidazole rings is 1. The summed E-state index contributed by atoms with van der Waals surface area (Å²) >= 11 is 0. The molecular formula is C23H21N7O. The van der Waals surface area contributed by atoms with E-state index in [1.54, 1.807) is 10.9 Å². The van der Waals surface area contributed by atoms with Gasteiger partial charge in [-0.25, -0.2) is 19.9 Å². The van der Waals surface area contributed by atoms with Crippen molar-refractivity contribution in [1.82, 2.24) is 29.5 Å². The number of fused-ring (bicyclic) bond motifs is 2. The normalized spacial score (nSPS) is 11.3. The topological polar surface area (TPSA) is 101 Å². The van der Waals surface area contributed by atoms with E-state index in [9.17, 15) is 4.79 Å². The molecule has 0 aliphatic carbocycles. The first-order valence-corrected chi connectivity index (χ1v) is 10.1. The third-order valence-electron chi connectivity index (χ3n) is 5.30. The summed E-state index contributed by atoms with van der Waals surface area (Å²) in [6.45, 7) is 4.50. The van der Waals surface area contributed by atoms with Crippen LogP contribution in [0.3, 0.4) is 0 Å². The number of hydrogen-bond donors (Lipinski definition) is 2. The monoisotopic (exact) mass is 411 g/mol. The van der Waals surface area contributed by atoms with Gasteiger partial charge in [0.2, 0.25) is 0 Å². The number of aromatic nitrogens is 6. The Hall–Kier alpha value is -4.07. The van der Waals surface area contributed by atoms with Crippen molar-refractivity contribution in [3.05, 3.63) is 82.4 Å².